The maximum Gasteiger partial charge on any atom is 0.198 e. The molecule has 19 heavy (non-hydrogen) atoms. The van der Waals surface area contributed by atoms with Crippen LogP contribution in [0.2, 0.25) is 0 Å². The third-order valence-corrected chi connectivity index (χ3v) is 2.97. The number of anilines is 1. The highest BCUT2D eigenvalue weighted by Gasteiger charge is 2.17. The zero-order valence-corrected chi connectivity index (χ0v) is 9.85. The van der Waals surface area contributed by atoms with Crippen molar-refractivity contribution in [2.24, 2.45) is 0 Å². The molecule has 94 valence electrons. The summed E-state index contributed by atoms with van der Waals surface area (Å²) in [5.41, 5.74) is 7.08. The number of hydrogen-bond donors (Lipinski definition) is 2. The van der Waals surface area contributed by atoms with Crippen molar-refractivity contribution in [3.63, 3.8) is 0 Å². The van der Waals surface area contributed by atoms with Crippen molar-refractivity contribution < 1.29 is 9.18 Å². The van der Waals surface area contributed by atoms with E-state index in [1.807, 2.05) is 0 Å². The molecule has 0 saturated heterocycles. The summed E-state index contributed by atoms with van der Waals surface area (Å²) in [6.07, 6.45) is 3.07. The first-order valence-corrected chi connectivity index (χ1v) is 5.68. The van der Waals surface area contributed by atoms with E-state index < -0.39 is 0 Å². The number of fused-ring (bicyclic) bond motifs is 1. The Kier molecular flexibility index (Phi) is 2.52. The van der Waals surface area contributed by atoms with E-state index in [-0.39, 0.29) is 17.4 Å². The van der Waals surface area contributed by atoms with Crippen LogP contribution in [0, 0.1) is 5.82 Å². The fourth-order valence-electron chi connectivity index (χ4n) is 2.04. The minimum atomic E-state index is -0.389. The Balaban J connectivity index is 2.17. The third-order valence-electron chi connectivity index (χ3n) is 2.97. The van der Waals surface area contributed by atoms with Gasteiger partial charge in [0.2, 0.25) is 0 Å². The number of ketones is 1. The number of carbonyl (C=O) groups is 1. The second-order valence-electron chi connectivity index (χ2n) is 4.16. The molecule has 1 aromatic carbocycles. The number of aromatic amines is 1. The van der Waals surface area contributed by atoms with E-state index in [1.165, 1.54) is 18.3 Å². The van der Waals surface area contributed by atoms with Crippen molar-refractivity contribution in [2.45, 2.75) is 0 Å². The summed E-state index contributed by atoms with van der Waals surface area (Å²) in [7, 11) is 0. The van der Waals surface area contributed by atoms with Gasteiger partial charge in [-0.05, 0) is 30.3 Å². The van der Waals surface area contributed by atoms with Gasteiger partial charge in [-0.15, -0.1) is 0 Å². The van der Waals surface area contributed by atoms with E-state index in [1.54, 1.807) is 24.4 Å². The van der Waals surface area contributed by atoms with Gasteiger partial charge in [-0.2, -0.15) is 0 Å². The number of carbonyl (C=O) groups excluding carboxylic acids is 1. The molecule has 2 aromatic heterocycles. The number of nitrogens with zero attached hydrogens (tertiary/aromatic N) is 1. The lowest BCUT2D eigenvalue weighted by Crippen LogP contribution is -2.06. The zero-order chi connectivity index (χ0) is 13.4. The largest absolute Gasteiger partial charge is 0.383 e. The number of H-pyrrole nitrogens is 1. The third kappa shape index (κ3) is 1.85. The molecule has 0 bridgehead atoms. The van der Waals surface area contributed by atoms with Crippen LogP contribution in [-0.2, 0) is 0 Å². The first-order chi connectivity index (χ1) is 9.16. The highest BCUT2D eigenvalue weighted by atomic mass is 19.1. The molecule has 0 fully saturated rings. The monoisotopic (exact) mass is 255 g/mol. The normalized spacial score (nSPS) is 10.8. The van der Waals surface area contributed by atoms with Crippen LogP contribution < -0.4 is 5.73 Å². The molecule has 0 spiro atoms. The standard InChI is InChI=1S/C14H10FN3O/c15-8-3-4-12-10(6-8)11(7-18-12)13(19)9-2-1-5-17-14(9)16/h1-7,18H,(H2,16,17). The smallest absolute Gasteiger partial charge is 0.198 e. The maximum atomic E-state index is 13.3. The van der Waals surface area contributed by atoms with Crippen LogP contribution in [0.3, 0.4) is 0 Å². The van der Waals surface area contributed by atoms with Crippen LogP contribution in [0.5, 0.6) is 0 Å². The van der Waals surface area contributed by atoms with Crippen molar-refractivity contribution in [2.75, 3.05) is 5.73 Å². The minimum Gasteiger partial charge on any atom is -0.383 e. The molecule has 4 nitrogen and oxygen atoms in total. The predicted molar refractivity (Wildman–Crippen MR) is 70.3 cm³/mol. The van der Waals surface area contributed by atoms with E-state index in [9.17, 15) is 9.18 Å². The van der Waals surface area contributed by atoms with Gasteiger partial charge in [0.1, 0.15) is 11.6 Å². The highest BCUT2D eigenvalue weighted by Crippen LogP contribution is 2.23. The van der Waals surface area contributed by atoms with Gasteiger partial charge in [-0.1, -0.05) is 0 Å². The van der Waals surface area contributed by atoms with Gasteiger partial charge in [-0.25, -0.2) is 9.37 Å². The lowest BCUT2D eigenvalue weighted by atomic mass is 10.0. The van der Waals surface area contributed by atoms with Crippen LogP contribution in [-0.4, -0.2) is 15.8 Å². The SMILES string of the molecule is Nc1ncccc1C(=O)c1c[nH]c2ccc(F)cc12. The summed E-state index contributed by atoms with van der Waals surface area (Å²) < 4.78 is 13.3. The summed E-state index contributed by atoms with van der Waals surface area (Å²) in [6, 6.07) is 7.49. The molecule has 3 N–H and O–H groups in total. The minimum absolute atomic E-state index is 0.165. The fourth-order valence-corrected chi connectivity index (χ4v) is 2.04. The first kappa shape index (κ1) is 11.4. The fraction of sp³-hybridized carbons (Fsp3) is 0. The van der Waals surface area contributed by atoms with Gasteiger partial charge < -0.3 is 10.7 Å². The summed E-state index contributed by atoms with van der Waals surface area (Å²) in [5, 5.41) is 0.535. The van der Waals surface area contributed by atoms with Crippen molar-refractivity contribution >= 4 is 22.5 Å². The Hall–Kier alpha value is -2.69. The lowest BCUT2D eigenvalue weighted by Gasteiger charge is -2.02. The first-order valence-electron chi connectivity index (χ1n) is 5.68. The van der Waals surface area contributed by atoms with Crippen molar-refractivity contribution in [1.29, 1.82) is 0 Å². The van der Waals surface area contributed by atoms with Crippen molar-refractivity contribution in [1.82, 2.24) is 9.97 Å². The van der Waals surface area contributed by atoms with Crippen LogP contribution in [0.25, 0.3) is 10.9 Å². The molecule has 0 aliphatic heterocycles. The predicted octanol–water partition coefficient (Wildman–Crippen LogP) is 2.52. The van der Waals surface area contributed by atoms with Crippen LogP contribution in [0.4, 0.5) is 10.2 Å². The molecular weight excluding hydrogens is 245 g/mol. The number of nitrogens with one attached hydrogen (secondary N) is 1. The van der Waals surface area contributed by atoms with Gasteiger partial charge in [0, 0.05) is 28.9 Å². The Labute approximate surface area is 108 Å². The van der Waals surface area contributed by atoms with Crippen molar-refractivity contribution in [3.05, 3.63) is 59.7 Å². The molecule has 0 radical (unpaired) electrons. The summed E-state index contributed by atoms with van der Waals surface area (Å²) in [5.74, 6) is -0.499. The number of benzene rings is 1. The molecule has 3 aromatic rings. The molecule has 0 saturated carbocycles. The number of aromatic nitrogens is 2. The van der Waals surface area contributed by atoms with Gasteiger partial charge in [-0.3, -0.25) is 4.79 Å². The van der Waals surface area contributed by atoms with E-state index >= 15 is 0 Å². The summed E-state index contributed by atoms with van der Waals surface area (Å²) in [6.45, 7) is 0. The number of pyridine rings is 1. The topological polar surface area (TPSA) is 71.8 Å². The molecular formula is C14H10FN3O. The van der Waals surface area contributed by atoms with Gasteiger partial charge in [0.05, 0.1) is 5.56 Å². The highest BCUT2D eigenvalue weighted by molar-refractivity contribution is 6.18. The van der Waals surface area contributed by atoms with E-state index in [0.29, 0.717) is 22.0 Å². The van der Waals surface area contributed by atoms with E-state index in [0.717, 1.165) is 0 Å². The van der Waals surface area contributed by atoms with E-state index in [4.69, 9.17) is 5.73 Å². The molecule has 3 rings (SSSR count). The summed E-state index contributed by atoms with van der Waals surface area (Å²) in [4.78, 5) is 19.2. The summed E-state index contributed by atoms with van der Waals surface area (Å²) >= 11 is 0. The van der Waals surface area contributed by atoms with Crippen LogP contribution >= 0.6 is 0 Å². The molecule has 2 heterocycles. The van der Waals surface area contributed by atoms with Crippen LogP contribution in [0.1, 0.15) is 15.9 Å². The number of halogens is 1. The average Bonchev–Trinajstić information content (AvgIpc) is 2.81. The lowest BCUT2D eigenvalue weighted by molar-refractivity contribution is 0.104. The Morgan fingerprint density at radius 2 is 2.11 bits per heavy atom. The Morgan fingerprint density at radius 3 is 2.89 bits per heavy atom. The molecule has 5 heteroatoms. The molecule has 0 amide bonds. The average molecular weight is 255 g/mol. The van der Waals surface area contributed by atoms with Gasteiger partial charge in [0.15, 0.2) is 5.78 Å². The van der Waals surface area contributed by atoms with E-state index in [2.05, 4.69) is 9.97 Å². The number of nitrogens with two attached hydrogens (primary N) is 1. The second-order valence-corrected chi connectivity index (χ2v) is 4.16. The molecule has 0 aliphatic carbocycles. The molecule has 0 atom stereocenters. The molecule has 0 aliphatic rings. The van der Waals surface area contributed by atoms with Crippen LogP contribution in [0.15, 0.2) is 42.7 Å². The number of hydrogen-bond acceptors (Lipinski definition) is 3. The molecule has 0 unspecified atom stereocenters. The second kappa shape index (κ2) is 4.20. The number of nitrogen functional groups attached to an aromatic ring is 1. The zero-order valence-electron chi connectivity index (χ0n) is 9.85. The Morgan fingerprint density at radius 1 is 1.26 bits per heavy atom. The number of rotatable bonds is 2. The van der Waals surface area contributed by atoms with Gasteiger partial charge >= 0.3 is 0 Å². The quantitative estimate of drug-likeness (QED) is 0.691. The van der Waals surface area contributed by atoms with Crippen molar-refractivity contribution in [3.8, 4) is 0 Å². The maximum absolute atomic E-state index is 13.3. The van der Waals surface area contributed by atoms with Gasteiger partial charge in [0.25, 0.3) is 0 Å². The Bertz CT molecular complexity index is 779.